The van der Waals surface area contributed by atoms with Crippen molar-refractivity contribution in [1.29, 1.82) is 10.5 Å². The summed E-state index contributed by atoms with van der Waals surface area (Å²) in [6, 6.07) is 15.5. The fourth-order valence-electron chi connectivity index (χ4n) is 4.02. The van der Waals surface area contributed by atoms with E-state index >= 15 is 0 Å². The maximum atomic E-state index is 11.4. The molecular weight excluding hydrogens is 573 g/mol. The van der Waals surface area contributed by atoms with Crippen molar-refractivity contribution in [2.45, 2.75) is 42.8 Å². The quantitative estimate of drug-likeness (QED) is 0.338. The van der Waals surface area contributed by atoms with Gasteiger partial charge >= 0.3 is 12.1 Å². The average Bonchev–Trinajstić information content (AvgIpc) is 2.96. The number of halogens is 3. The number of carboxylic acids is 1. The maximum absolute atomic E-state index is 11.4. The molecule has 14 heteroatoms. The van der Waals surface area contributed by atoms with Crippen molar-refractivity contribution in [2.75, 3.05) is 23.3 Å². The van der Waals surface area contributed by atoms with Crippen molar-refractivity contribution in [2.24, 2.45) is 0 Å². The summed E-state index contributed by atoms with van der Waals surface area (Å²) >= 11 is 1.43. The molecule has 1 saturated heterocycles. The van der Waals surface area contributed by atoms with Gasteiger partial charge in [0, 0.05) is 49.4 Å². The number of hydrogen-bond donors (Lipinski definition) is 3. The highest BCUT2D eigenvalue weighted by atomic mass is 32.2. The first kappa shape index (κ1) is 31.9. The van der Waals surface area contributed by atoms with Crippen LogP contribution < -0.4 is 10.2 Å². The van der Waals surface area contributed by atoms with Crippen molar-refractivity contribution in [3.63, 3.8) is 0 Å². The topological polar surface area (TPSA) is 163 Å². The van der Waals surface area contributed by atoms with Crippen LogP contribution in [0.4, 0.5) is 24.7 Å². The molecular formula is C28H25F3N6O4S. The lowest BCUT2D eigenvalue weighted by Gasteiger charge is -2.32. The normalized spacial score (nSPS) is 13.3. The Morgan fingerprint density at radius 1 is 1.12 bits per heavy atom. The summed E-state index contributed by atoms with van der Waals surface area (Å²) in [7, 11) is 0. The van der Waals surface area contributed by atoms with Gasteiger partial charge in [-0.25, -0.2) is 9.78 Å². The van der Waals surface area contributed by atoms with E-state index in [-0.39, 0.29) is 12.0 Å². The van der Waals surface area contributed by atoms with E-state index in [1.165, 1.54) is 18.7 Å². The highest BCUT2D eigenvalue weighted by molar-refractivity contribution is 7.98. The van der Waals surface area contributed by atoms with Crippen LogP contribution in [0.3, 0.4) is 0 Å². The van der Waals surface area contributed by atoms with Gasteiger partial charge in [0.2, 0.25) is 5.91 Å². The second kappa shape index (κ2) is 14.3. The molecule has 0 aliphatic carbocycles. The lowest BCUT2D eigenvalue weighted by Crippen LogP contribution is -2.37. The molecule has 10 nitrogen and oxygen atoms in total. The van der Waals surface area contributed by atoms with E-state index in [9.17, 15) is 33.6 Å². The molecule has 1 amide bonds. The standard InChI is InChI=1S/C26H24N6O2S.C2HF3O2/c1-17(33)30-20-6-4-19(5-7-20)24-22(13-27)25(32-11-8-21(34)9-12-32)31-26(23(24)14-28)35-16-18-3-2-10-29-15-18;3-2(4,5)1(6)7/h2-7,10,15,21,34H,8-9,11-12,16H2,1H3,(H,30,33);(H,6,7). The van der Waals surface area contributed by atoms with Gasteiger partial charge < -0.3 is 20.4 Å². The molecule has 3 N–H and O–H groups in total. The zero-order valence-corrected chi connectivity index (χ0v) is 23.0. The van der Waals surface area contributed by atoms with Crippen molar-refractivity contribution < 1.29 is 33.0 Å². The molecule has 1 fully saturated rings. The van der Waals surface area contributed by atoms with Crippen LogP contribution in [0.15, 0.2) is 53.8 Å². The minimum Gasteiger partial charge on any atom is -0.475 e. The average molecular weight is 599 g/mol. The van der Waals surface area contributed by atoms with Crippen molar-refractivity contribution in [1.82, 2.24) is 9.97 Å². The molecule has 0 spiro atoms. The molecule has 0 radical (unpaired) electrons. The maximum Gasteiger partial charge on any atom is 0.490 e. The van der Waals surface area contributed by atoms with Gasteiger partial charge in [-0.2, -0.15) is 23.7 Å². The largest absolute Gasteiger partial charge is 0.490 e. The number of piperidine rings is 1. The number of pyridine rings is 2. The molecule has 1 aliphatic rings. The van der Waals surface area contributed by atoms with E-state index in [0.717, 1.165) is 5.56 Å². The molecule has 4 rings (SSSR count). The predicted octanol–water partition coefficient (Wildman–Crippen LogP) is 4.73. The second-order valence-corrected chi connectivity index (χ2v) is 9.98. The summed E-state index contributed by atoms with van der Waals surface area (Å²) in [6.45, 7) is 2.58. The zero-order chi connectivity index (χ0) is 30.9. The van der Waals surface area contributed by atoms with Crippen LogP contribution in [0.2, 0.25) is 0 Å². The fraction of sp³-hybridized carbons (Fsp3) is 0.286. The van der Waals surface area contributed by atoms with Crippen LogP contribution in [0, 0.1) is 22.7 Å². The van der Waals surface area contributed by atoms with Crippen molar-refractivity contribution in [3.8, 4) is 23.3 Å². The lowest BCUT2D eigenvalue weighted by atomic mass is 9.95. The number of aliphatic hydroxyl groups is 1. The Kier molecular flexibility index (Phi) is 10.8. The second-order valence-electron chi connectivity index (χ2n) is 9.02. The van der Waals surface area contributed by atoms with Gasteiger partial charge in [-0.15, -0.1) is 11.8 Å². The Hall–Kier alpha value is -4.66. The number of nitrogens with one attached hydrogen (secondary N) is 1. The molecule has 218 valence electrons. The Bertz CT molecular complexity index is 1500. The predicted molar refractivity (Wildman–Crippen MR) is 148 cm³/mol. The van der Waals surface area contributed by atoms with Crippen LogP contribution in [0.25, 0.3) is 11.1 Å². The highest BCUT2D eigenvalue weighted by Gasteiger charge is 2.38. The SMILES string of the molecule is CC(=O)Nc1ccc(-c2c(C#N)c(SCc3cccnc3)nc(N3CCC(O)CC3)c2C#N)cc1.O=C(O)C(F)(F)F. The molecule has 2 aromatic heterocycles. The van der Waals surface area contributed by atoms with Crippen molar-refractivity contribution in [3.05, 3.63) is 65.5 Å². The van der Waals surface area contributed by atoms with Crippen molar-refractivity contribution >= 4 is 35.1 Å². The summed E-state index contributed by atoms with van der Waals surface area (Å²) in [4.78, 5) is 31.3. The number of aliphatic hydroxyl groups excluding tert-OH is 1. The van der Waals surface area contributed by atoms with E-state index < -0.39 is 12.1 Å². The molecule has 0 atom stereocenters. The smallest absolute Gasteiger partial charge is 0.475 e. The number of benzene rings is 1. The van der Waals surface area contributed by atoms with Crippen LogP contribution >= 0.6 is 11.8 Å². The molecule has 1 aliphatic heterocycles. The molecule has 1 aromatic carbocycles. The first-order valence-electron chi connectivity index (χ1n) is 12.5. The molecule has 0 unspecified atom stereocenters. The summed E-state index contributed by atoms with van der Waals surface area (Å²) < 4.78 is 31.7. The zero-order valence-electron chi connectivity index (χ0n) is 22.2. The fourth-order valence-corrected chi connectivity index (χ4v) is 4.94. The number of carboxylic acid groups (broad SMARTS) is 1. The number of carbonyl (C=O) groups is 2. The van der Waals surface area contributed by atoms with Gasteiger partial charge in [0.05, 0.1) is 11.7 Å². The van der Waals surface area contributed by atoms with E-state index in [2.05, 4.69) is 22.4 Å². The number of thioether (sulfide) groups is 1. The van der Waals surface area contributed by atoms with Gasteiger partial charge in [-0.05, 0) is 42.2 Å². The van der Waals surface area contributed by atoms with E-state index in [0.29, 0.717) is 70.5 Å². The third-order valence-electron chi connectivity index (χ3n) is 5.97. The Labute approximate surface area is 243 Å². The minimum absolute atomic E-state index is 0.180. The number of amides is 1. The number of aromatic nitrogens is 2. The van der Waals surface area contributed by atoms with Gasteiger partial charge in [-0.1, -0.05) is 18.2 Å². The molecule has 42 heavy (non-hydrogen) atoms. The highest BCUT2D eigenvalue weighted by Crippen LogP contribution is 2.39. The summed E-state index contributed by atoms with van der Waals surface area (Å²) in [5.41, 5.74) is 3.50. The molecule has 0 saturated carbocycles. The minimum atomic E-state index is -5.08. The summed E-state index contributed by atoms with van der Waals surface area (Å²) in [5, 5.41) is 40.7. The molecule has 3 heterocycles. The Morgan fingerprint density at radius 3 is 2.24 bits per heavy atom. The number of carbonyl (C=O) groups excluding carboxylic acids is 1. The number of nitrogens with zero attached hydrogens (tertiary/aromatic N) is 5. The summed E-state index contributed by atoms with van der Waals surface area (Å²) in [5.74, 6) is -1.85. The number of hydrogen-bond acceptors (Lipinski definition) is 9. The van der Waals surface area contributed by atoms with Crippen LogP contribution in [0.5, 0.6) is 0 Å². The summed E-state index contributed by atoms with van der Waals surface area (Å²) in [6.07, 6.45) is -0.787. The number of nitriles is 2. The number of aliphatic carboxylic acids is 1. The van der Waals surface area contributed by atoms with E-state index in [1.807, 2.05) is 17.0 Å². The first-order valence-corrected chi connectivity index (χ1v) is 13.4. The molecule has 0 bridgehead atoms. The van der Waals surface area contributed by atoms with Gasteiger partial charge in [0.25, 0.3) is 0 Å². The number of anilines is 2. The van der Waals surface area contributed by atoms with E-state index in [4.69, 9.17) is 14.9 Å². The van der Waals surface area contributed by atoms with Gasteiger partial charge in [-0.3, -0.25) is 9.78 Å². The Balaban J connectivity index is 0.000000616. The number of rotatable bonds is 6. The van der Waals surface area contributed by atoms with Gasteiger partial charge in [0.1, 0.15) is 28.5 Å². The van der Waals surface area contributed by atoms with Crippen LogP contribution in [0.1, 0.15) is 36.5 Å². The van der Waals surface area contributed by atoms with Crippen LogP contribution in [-0.2, 0) is 15.3 Å². The Morgan fingerprint density at radius 2 is 1.74 bits per heavy atom. The third kappa shape index (κ3) is 8.42. The van der Waals surface area contributed by atoms with Gasteiger partial charge in [0.15, 0.2) is 0 Å². The first-order chi connectivity index (χ1) is 19.9. The number of alkyl halides is 3. The monoisotopic (exact) mass is 598 g/mol. The molecule has 3 aromatic rings. The van der Waals surface area contributed by atoms with Crippen LogP contribution in [-0.4, -0.2) is 57.4 Å². The third-order valence-corrected chi connectivity index (χ3v) is 7.01. The lowest BCUT2D eigenvalue weighted by molar-refractivity contribution is -0.192. The van der Waals surface area contributed by atoms with E-state index in [1.54, 1.807) is 36.7 Å².